The molecule has 4 aromatic rings. The van der Waals surface area contributed by atoms with Gasteiger partial charge in [0.2, 0.25) is 0 Å². The molecule has 1 fully saturated rings. The zero-order valence-electron chi connectivity index (χ0n) is 20.0. The van der Waals surface area contributed by atoms with Crippen molar-refractivity contribution < 1.29 is 14.0 Å². The fourth-order valence-electron chi connectivity index (χ4n) is 5.02. The molecule has 0 bridgehead atoms. The van der Waals surface area contributed by atoms with Crippen molar-refractivity contribution in [3.63, 3.8) is 0 Å². The molecule has 4 heterocycles. The second-order valence-electron chi connectivity index (χ2n) is 9.12. The molecule has 184 valence electrons. The molecular formula is C26H26FN7O2. The molecule has 1 aliphatic rings. The van der Waals surface area contributed by atoms with Crippen LogP contribution in [0.4, 0.5) is 15.0 Å². The molecule has 2 amide bonds. The monoisotopic (exact) mass is 487 g/mol. The van der Waals surface area contributed by atoms with Crippen LogP contribution in [0.3, 0.4) is 0 Å². The number of benzene rings is 1. The molecule has 5 rings (SSSR count). The molecule has 0 saturated carbocycles. The van der Waals surface area contributed by atoms with Crippen LogP contribution in [0.2, 0.25) is 0 Å². The second-order valence-corrected chi connectivity index (χ2v) is 9.12. The van der Waals surface area contributed by atoms with Crippen molar-refractivity contribution in [2.24, 2.45) is 5.73 Å². The van der Waals surface area contributed by atoms with Crippen molar-refractivity contribution in [2.75, 3.05) is 12.3 Å². The number of amides is 2. The Labute approximate surface area is 206 Å². The van der Waals surface area contributed by atoms with E-state index in [0.717, 1.165) is 5.56 Å². The summed E-state index contributed by atoms with van der Waals surface area (Å²) in [5.74, 6) is -0.406. The highest BCUT2D eigenvalue weighted by atomic mass is 19.1. The molecule has 10 heteroatoms. The highest BCUT2D eigenvalue weighted by molar-refractivity contribution is 6.00. The van der Waals surface area contributed by atoms with Gasteiger partial charge in [-0.2, -0.15) is 9.61 Å². The number of anilines is 1. The average molecular weight is 488 g/mol. The van der Waals surface area contributed by atoms with Crippen LogP contribution >= 0.6 is 0 Å². The van der Waals surface area contributed by atoms with E-state index in [9.17, 15) is 14.0 Å². The molecule has 0 aliphatic carbocycles. The first-order valence-corrected chi connectivity index (χ1v) is 11.7. The summed E-state index contributed by atoms with van der Waals surface area (Å²) in [5, 5.41) is 4.39. The topological polar surface area (TPSA) is 132 Å². The Hall–Kier alpha value is -4.34. The third-order valence-electron chi connectivity index (χ3n) is 6.83. The molecule has 0 radical (unpaired) electrons. The molecule has 4 N–H and O–H groups in total. The number of hydrogen-bond acceptors (Lipinski definition) is 6. The number of likely N-dealkylation sites (tertiary alicyclic amines) is 1. The highest BCUT2D eigenvalue weighted by Crippen LogP contribution is 2.36. The highest BCUT2D eigenvalue weighted by Gasteiger charge is 2.33. The normalized spacial score (nSPS) is 17.9. The van der Waals surface area contributed by atoms with Crippen LogP contribution in [-0.2, 0) is 0 Å². The smallest absolute Gasteiger partial charge is 0.315 e. The Kier molecular flexibility index (Phi) is 5.87. The van der Waals surface area contributed by atoms with E-state index < -0.39 is 6.03 Å². The second kappa shape index (κ2) is 9.03. The number of hydrogen-bond donors (Lipinski definition) is 2. The largest absolute Gasteiger partial charge is 0.383 e. The fourth-order valence-corrected chi connectivity index (χ4v) is 5.02. The van der Waals surface area contributed by atoms with Crippen molar-refractivity contribution in [2.45, 2.75) is 38.6 Å². The number of urea groups is 1. The van der Waals surface area contributed by atoms with E-state index in [1.165, 1.54) is 17.5 Å². The van der Waals surface area contributed by atoms with Crippen molar-refractivity contribution in [1.29, 1.82) is 0 Å². The number of Topliss-reactive ketones (excluding diaryl/α,β-unsaturated/α-hetero) is 1. The van der Waals surface area contributed by atoms with Gasteiger partial charge < -0.3 is 16.4 Å². The number of nitrogen functional groups attached to an aromatic ring is 1. The van der Waals surface area contributed by atoms with E-state index in [1.807, 2.05) is 13.0 Å². The maximum Gasteiger partial charge on any atom is 0.315 e. The lowest BCUT2D eigenvalue weighted by atomic mass is 9.86. The van der Waals surface area contributed by atoms with Gasteiger partial charge >= 0.3 is 6.03 Å². The Balaban J connectivity index is 1.58. The van der Waals surface area contributed by atoms with E-state index in [1.54, 1.807) is 41.6 Å². The number of carbonyl (C=O) groups excluding carboxylic acids is 2. The Morgan fingerprint density at radius 3 is 2.53 bits per heavy atom. The lowest BCUT2D eigenvalue weighted by molar-refractivity contribution is 0.101. The van der Waals surface area contributed by atoms with Gasteiger partial charge in [-0.25, -0.2) is 14.2 Å². The van der Waals surface area contributed by atoms with Crippen LogP contribution in [0.25, 0.3) is 28.0 Å². The number of carbonyl (C=O) groups is 2. The number of piperidine rings is 1. The van der Waals surface area contributed by atoms with E-state index in [0.29, 0.717) is 53.1 Å². The van der Waals surface area contributed by atoms with E-state index in [4.69, 9.17) is 16.5 Å². The van der Waals surface area contributed by atoms with Crippen LogP contribution in [0.1, 0.15) is 48.7 Å². The number of fused-ring (bicyclic) bond motifs is 1. The maximum atomic E-state index is 14.2. The third kappa shape index (κ3) is 3.94. The molecule has 36 heavy (non-hydrogen) atoms. The minimum atomic E-state index is -0.458. The summed E-state index contributed by atoms with van der Waals surface area (Å²) in [7, 11) is 0. The standard InChI is InChI=1S/C26H26FN7O2/c1-14-11-16(9-10-33(14)26(29)36)23-22(15(2)35)24(28)34-25(32-23)19(13-31-34)17-7-8-21(30-12-17)18-5-3-4-6-20(18)27/h3-8,12-14,16H,9-11,28H2,1-2H3,(H2,29,36)/t14-,16+/m0/s1. The van der Waals surface area contributed by atoms with Gasteiger partial charge in [0, 0.05) is 41.4 Å². The van der Waals surface area contributed by atoms with Crippen LogP contribution in [0.15, 0.2) is 48.8 Å². The molecule has 1 aromatic carbocycles. The summed E-state index contributed by atoms with van der Waals surface area (Å²) in [6, 6.07) is 9.48. The summed E-state index contributed by atoms with van der Waals surface area (Å²) in [6.45, 7) is 3.86. The Bertz CT molecular complexity index is 1480. The maximum absolute atomic E-state index is 14.2. The quantitative estimate of drug-likeness (QED) is 0.418. The zero-order valence-corrected chi connectivity index (χ0v) is 20.0. The van der Waals surface area contributed by atoms with E-state index in [2.05, 4.69) is 10.1 Å². The molecule has 2 atom stereocenters. The average Bonchev–Trinajstić information content (AvgIpc) is 3.28. The third-order valence-corrected chi connectivity index (χ3v) is 6.83. The number of rotatable bonds is 4. The van der Waals surface area contributed by atoms with Gasteiger partial charge in [0.05, 0.1) is 23.1 Å². The number of primary amides is 1. The minimum Gasteiger partial charge on any atom is -0.383 e. The van der Waals surface area contributed by atoms with E-state index in [-0.39, 0.29) is 29.4 Å². The van der Waals surface area contributed by atoms with Gasteiger partial charge in [0.15, 0.2) is 11.4 Å². The zero-order chi connectivity index (χ0) is 25.6. The predicted octanol–water partition coefficient (Wildman–Crippen LogP) is 4.03. The van der Waals surface area contributed by atoms with Crippen molar-refractivity contribution in [3.8, 4) is 22.4 Å². The summed E-state index contributed by atoms with van der Waals surface area (Å²) < 4.78 is 15.6. The van der Waals surface area contributed by atoms with Gasteiger partial charge in [0.25, 0.3) is 0 Å². The first-order chi connectivity index (χ1) is 17.3. The number of halogens is 1. The van der Waals surface area contributed by atoms with Crippen molar-refractivity contribution in [3.05, 3.63) is 65.9 Å². The summed E-state index contributed by atoms with van der Waals surface area (Å²) in [4.78, 5) is 35.3. The van der Waals surface area contributed by atoms with E-state index >= 15 is 0 Å². The molecule has 0 unspecified atom stereocenters. The number of pyridine rings is 1. The van der Waals surface area contributed by atoms with Crippen molar-refractivity contribution in [1.82, 2.24) is 24.5 Å². The summed E-state index contributed by atoms with van der Waals surface area (Å²) in [6.07, 6.45) is 4.49. The first-order valence-electron chi connectivity index (χ1n) is 11.7. The molecule has 0 spiro atoms. The first kappa shape index (κ1) is 23.4. The summed E-state index contributed by atoms with van der Waals surface area (Å²) in [5.41, 5.74) is 15.7. The lowest BCUT2D eigenvalue weighted by Gasteiger charge is -2.36. The number of nitrogens with zero attached hydrogens (tertiary/aromatic N) is 5. The van der Waals surface area contributed by atoms with Crippen LogP contribution in [0, 0.1) is 5.82 Å². The number of nitrogens with two attached hydrogens (primary N) is 2. The molecular weight excluding hydrogens is 461 g/mol. The molecule has 1 aliphatic heterocycles. The van der Waals surface area contributed by atoms with Gasteiger partial charge in [-0.3, -0.25) is 9.78 Å². The summed E-state index contributed by atoms with van der Waals surface area (Å²) >= 11 is 0. The van der Waals surface area contributed by atoms with Crippen LogP contribution in [0.5, 0.6) is 0 Å². The minimum absolute atomic E-state index is 0.0777. The predicted molar refractivity (Wildman–Crippen MR) is 134 cm³/mol. The number of ketones is 1. The van der Waals surface area contributed by atoms with Gasteiger partial charge in [-0.1, -0.05) is 18.2 Å². The number of aromatic nitrogens is 4. The fraction of sp³-hybridized carbons (Fsp3) is 0.269. The van der Waals surface area contributed by atoms with Crippen molar-refractivity contribution >= 4 is 23.3 Å². The van der Waals surface area contributed by atoms with Crippen LogP contribution < -0.4 is 11.5 Å². The molecule has 9 nitrogen and oxygen atoms in total. The Morgan fingerprint density at radius 1 is 1.11 bits per heavy atom. The van der Waals surface area contributed by atoms with Gasteiger partial charge in [0.1, 0.15) is 11.6 Å². The SMILES string of the molecule is CC(=O)c1c([C@@H]2CCN(C(N)=O)[C@@H](C)C2)nc2c(-c3ccc(-c4ccccc4F)nc3)cnn2c1N. The Morgan fingerprint density at radius 2 is 1.89 bits per heavy atom. The lowest BCUT2D eigenvalue weighted by Crippen LogP contribution is -2.47. The van der Waals surface area contributed by atoms with Crippen LogP contribution in [-0.4, -0.2) is 48.9 Å². The van der Waals surface area contributed by atoms with Gasteiger partial charge in [-0.15, -0.1) is 0 Å². The molecule has 3 aromatic heterocycles. The molecule has 1 saturated heterocycles. The van der Waals surface area contributed by atoms with Gasteiger partial charge in [-0.05, 0) is 44.9 Å².